The lowest BCUT2D eigenvalue weighted by molar-refractivity contribution is -0.142. The normalized spacial score (nSPS) is 11.9. The highest BCUT2D eigenvalue weighted by Gasteiger charge is 2.36. The average Bonchev–Trinajstić information content (AvgIpc) is 2.94. The fourth-order valence-corrected chi connectivity index (χ4v) is 2.46. The second-order valence-electron chi connectivity index (χ2n) is 5.83. The van der Waals surface area contributed by atoms with Gasteiger partial charge in [-0.3, -0.25) is 4.68 Å². The number of aromatic nitrogens is 2. The minimum atomic E-state index is -4.52. The fraction of sp³-hybridized carbons (Fsp3) is 0.412. The molecule has 2 rings (SSSR count). The zero-order valence-electron chi connectivity index (χ0n) is 15.2. The SMILES string of the molecule is CCNC(=NCc1cn(C)nc1C(F)(F)F)N(C)Cc1ccc(F)cc1.I. The van der Waals surface area contributed by atoms with E-state index in [-0.39, 0.29) is 41.9 Å². The predicted molar refractivity (Wildman–Crippen MR) is 106 cm³/mol. The van der Waals surface area contributed by atoms with Gasteiger partial charge in [-0.15, -0.1) is 24.0 Å². The highest BCUT2D eigenvalue weighted by Crippen LogP contribution is 2.30. The van der Waals surface area contributed by atoms with Crippen LogP contribution in [-0.4, -0.2) is 34.2 Å². The van der Waals surface area contributed by atoms with Gasteiger partial charge in [0.05, 0.1) is 6.54 Å². The summed E-state index contributed by atoms with van der Waals surface area (Å²) in [6.07, 6.45) is -3.21. The molecule has 1 N–H and O–H groups in total. The topological polar surface area (TPSA) is 45.5 Å². The van der Waals surface area contributed by atoms with Gasteiger partial charge in [0.2, 0.25) is 0 Å². The maximum atomic E-state index is 13.0. The van der Waals surface area contributed by atoms with Crippen LogP contribution < -0.4 is 5.32 Å². The number of guanidine groups is 1. The summed E-state index contributed by atoms with van der Waals surface area (Å²) in [5.41, 5.74) is -0.0665. The second kappa shape index (κ2) is 9.90. The largest absolute Gasteiger partial charge is 0.435 e. The summed E-state index contributed by atoms with van der Waals surface area (Å²) in [6, 6.07) is 6.02. The molecule has 27 heavy (non-hydrogen) atoms. The molecule has 0 saturated heterocycles. The number of hydrogen-bond donors (Lipinski definition) is 1. The standard InChI is InChI=1S/C17H21F4N5.HI/c1-4-22-16(25(2)10-12-5-7-14(18)8-6-12)23-9-13-11-26(3)24-15(13)17(19,20)21;/h5-8,11H,4,9-10H2,1-3H3,(H,22,23);1H. The van der Waals surface area contributed by atoms with E-state index in [2.05, 4.69) is 15.4 Å². The van der Waals surface area contributed by atoms with Crippen LogP contribution in [0.2, 0.25) is 0 Å². The summed E-state index contributed by atoms with van der Waals surface area (Å²) in [5.74, 6) is 0.127. The number of alkyl halides is 3. The van der Waals surface area contributed by atoms with Crippen molar-refractivity contribution in [1.82, 2.24) is 20.0 Å². The minimum Gasteiger partial charge on any atom is -0.357 e. The van der Waals surface area contributed by atoms with Crippen molar-refractivity contribution in [2.75, 3.05) is 13.6 Å². The van der Waals surface area contributed by atoms with Crippen molar-refractivity contribution in [2.24, 2.45) is 12.0 Å². The molecule has 0 spiro atoms. The Morgan fingerprint density at radius 3 is 2.44 bits per heavy atom. The lowest BCUT2D eigenvalue weighted by atomic mass is 10.2. The molecule has 5 nitrogen and oxygen atoms in total. The zero-order chi connectivity index (χ0) is 19.3. The van der Waals surface area contributed by atoms with Gasteiger partial charge in [-0.1, -0.05) is 12.1 Å². The van der Waals surface area contributed by atoms with Gasteiger partial charge < -0.3 is 10.2 Å². The Morgan fingerprint density at radius 1 is 1.26 bits per heavy atom. The van der Waals surface area contributed by atoms with Crippen molar-refractivity contribution in [1.29, 1.82) is 0 Å². The first kappa shape index (κ1) is 23.2. The second-order valence-corrected chi connectivity index (χ2v) is 5.83. The highest BCUT2D eigenvalue weighted by molar-refractivity contribution is 14.0. The molecule has 0 atom stereocenters. The summed E-state index contributed by atoms with van der Waals surface area (Å²) >= 11 is 0. The van der Waals surface area contributed by atoms with Crippen LogP contribution in [0.4, 0.5) is 17.6 Å². The van der Waals surface area contributed by atoms with Crippen molar-refractivity contribution in [3.05, 3.63) is 53.1 Å². The third kappa shape index (κ3) is 6.67. The molecule has 1 aromatic heterocycles. The lowest BCUT2D eigenvalue weighted by Crippen LogP contribution is -2.38. The monoisotopic (exact) mass is 499 g/mol. The Labute approximate surface area is 172 Å². The van der Waals surface area contributed by atoms with Gasteiger partial charge >= 0.3 is 6.18 Å². The van der Waals surface area contributed by atoms with E-state index in [1.165, 1.54) is 25.4 Å². The van der Waals surface area contributed by atoms with E-state index < -0.39 is 11.9 Å². The smallest absolute Gasteiger partial charge is 0.357 e. The van der Waals surface area contributed by atoms with Crippen molar-refractivity contribution in [2.45, 2.75) is 26.2 Å². The Balaban J connectivity index is 0.00000364. The lowest BCUT2D eigenvalue weighted by Gasteiger charge is -2.22. The molecule has 0 fully saturated rings. The van der Waals surface area contributed by atoms with E-state index in [0.717, 1.165) is 10.2 Å². The Hall–Kier alpha value is -1.85. The first-order valence-electron chi connectivity index (χ1n) is 8.04. The zero-order valence-corrected chi connectivity index (χ0v) is 17.5. The summed E-state index contributed by atoms with van der Waals surface area (Å²) in [5, 5.41) is 6.52. The first-order valence-corrected chi connectivity index (χ1v) is 8.04. The Bertz CT molecular complexity index is 756. The van der Waals surface area contributed by atoms with Gasteiger partial charge in [-0.05, 0) is 24.6 Å². The van der Waals surface area contributed by atoms with Crippen molar-refractivity contribution >= 4 is 29.9 Å². The van der Waals surface area contributed by atoms with E-state index >= 15 is 0 Å². The molecule has 0 aliphatic rings. The van der Waals surface area contributed by atoms with E-state index in [9.17, 15) is 17.6 Å². The van der Waals surface area contributed by atoms with E-state index in [1.807, 2.05) is 6.92 Å². The number of aliphatic imine (C=N–C) groups is 1. The summed E-state index contributed by atoms with van der Waals surface area (Å²) in [7, 11) is 3.20. The Morgan fingerprint density at radius 2 is 1.89 bits per heavy atom. The number of aryl methyl sites for hydroxylation is 1. The molecule has 1 aromatic carbocycles. The maximum absolute atomic E-state index is 13.0. The predicted octanol–water partition coefficient (Wildman–Crippen LogP) is 3.79. The van der Waals surface area contributed by atoms with Crippen LogP contribution in [0.25, 0.3) is 0 Å². The molecule has 10 heteroatoms. The molecular formula is C17H22F4IN5. The molecule has 0 saturated carbocycles. The van der Waals surface area contributed by atoms with Crippen molar-refractivity contribution in [3.8, 4) is 0 Å². The molecule has 0 bridgehead atoms. The molecule has 2 aromatic rings. The molecule has 0 radical (unpaired) electrons. The Kier molecular flexibility index (Phi) is 8.51. The van der Waals surface area contributed by atoms with Crippen LogP contribution in [0.1, 0.15) is 23.7 Å². The molecule has 0 aliphatic heterocycles. The molecule has 1 heterocycles. The van der Waals surface area contributed by atoms with E-state index in [1.54, 1.807) is 24.1 Å². The first-order chi connectivity index (χ1) is 12.2. The quantitative estimate of drug-likeness (QED) is 0.295. The number of nitrogens with one attached hydrogen (secondary N) is 1. The number of hydrogen-bond acceptors (Lipinski definition) is 2. The average molecular weight is 499 g/mol. The molecule has 0 amide bonds. The van der Waals surface area contributed by atoms with E-state index in [4.69, 9.17) is 0 Å². The number of nitrogens with zero attached hydrogens (tertiary/aromatic N) is 4. The third-order valence-corrected chi connectivity index (χ3v) is 3.60. The summed E-state index contributed by atoms with van der Waals surface area (Å²) in [6.45, 7) is 2.71. The van der Waals surface area contributed by atoms with Crippen LogP contribution in [0.3, 0.4) is 0 Å². The number of rotatable bonds is 5. The summed E-state index contributed by atoms with van der Waals surface area (Å²) in [4.78, 5) is 6.05. The fourth-order valence-electron chi connectivity index (χ4n) is 2.46. The van der Waals surface area contributed by atoms with Gasteiger partial charge in [0.15, 0.2) is 11.7 Å². The van der Waals surface area contributed by atoms with Crippen LogP contribution in [-0.2, 0) is 26.3 Å². The van der Waals surface area contributed by atoms with Gasteiger partial charge in [0, 0.05) is 38.9 Å². The van der Waals surface area contributed by atoms with Crippen LogP contribution >= 0.6 is 24.0 Å². The van der Waals surface area contributed by atoms with Gasteiger partial charge in [-0.25, -0.2) is 9.38 Å². The minimum absolute atomic E-state index is 0. The molecule has 0 aliphatic carbocycles. The van der Waals surface area contributed by atoms with Crippen molar-refractivity contribution < 1.29 is 17.6 Å². The number of benzene rings is 1. The van der Waals surface area contributed by atoms with Crippen molar-refractivity contribution in [3.63, 3.8) is 0 Å². The van der Waals surface area contributed by atoms with Gasteiger partial charge in [0.25, 0.3) is 0 Å². The van der Waals surface area contributed by atoms with E-state index in [0.29, 0.717) is 19.0 Å². The number of halogens is 5. The van der Waals surface area contributed by atoms with Crippen LogP contribution in [0.15, 0.2) is 35.5 Å². The molecule has 0 unspecified atom stereocenters. The van der Waals surface area contributed by atoms with Gasteiger partial charge in [-0.2, -0.15) is 18.3 Å². The highest BCUT2D eigenvalue weighted by atomic mass is 127. The van der Waals surface area contributed by atoms with Gasteiger partial charge in [0.1, 0.15) is 5.82 Å². The van der Waals surface area contributed by atoms with Crippen LogP contribution in [0.5, 0.6) is 0 Å². The summed E-state index contributed by atoms with van der Waals surface area (Å²) < 4.78 is 53.2. The molecule has 150 valence electrons. The third-order valence-electron chi connectivity index (χ3n) is 3.60. The van der Waals surface area contributed by atoms with Crippen LogP contribution in [0, 0.1) is 5.82 Å². The molecular weight excluding hydrogens is 477 g/mol. The maximum Gasteiger partial charge on any atom is 0.435 e.